The van der Waals surface area contributed by atoms with Crippen LogP contribution >= 0.6 is 15.9 Å². The lowest BCUT2D eigenvalue weighted by molar-refractivity contribution is 0.322. The summed E-state index contributed by atoms with van der Waals surface area (Å²) in [6.07, 6.45) is 2.63. The van der Waals surface area contributed by atoms with E-state index in [0.717, 1.165) is 34.8 Å². The van der Waals surface area contributed by atoms with Crippen molar-refractivity contribution in [2.45, 2.75) is 13.3 Å². The lowest BCUT2D eigenvalue weighted by atomic mass is 10.3. The number of nitrogens with one attached hydrogen (secondary N) is 2. The van der Waals surface area contributed by atoms with E-state index >= 15 is 0 Å². The van der Waals surface area contributed by atoms with E-state index in [0.29, 0.717) is 19.7 Å². The van der Waals surface area contributed by atoms with Crippen molar-refractivity contribution < 1.29 is 4.74 Å². The van der Waals surface area contributed by atoms with Gasteiger partial charge in [0.15, 0.2) is 5.96 Å². The molecule has 2 aromatic rings. The van der Waals surface area contributed by atoms with Gasteiger partial charge in [0, 0.05) is 35.9 Å². The highest BCUT2D eigenvalue weighted by Gasteiger charge is 1.98. The van der Waals surface area contributed by atoms with Gasteiger partial charge in [0.1, 0.15) is 12.4 Å². The zero-order valence-corrected chi connectivity index (χ0v) is 15.4. The molecule has 0 aliphatic heterocycles. The molecule has 0 amide bonds. The highest BCUT2D eigenvalue weighted by Crippen LogP contribution is 2.15. The Morgan fingerprint density at radius 3 is 2.71 bits per heavy atom. The maximum Gasteiger partial charge on any atom is 0.191 e. The number of aromatic nitrogens is 1. The van der Waals surface area contributed by atoms with Crippen LogP contribution in [0.25, 0.3) is 0 Å². The van der Waals surface area contributed by atoms with Gasteiger partial charge < -0.3 is 15.4 Å². The predicted molar refractivity (Wildman–Crippen MR) is 102 cm³/mol. The normalized spacial score (nSPS) is 11.2. The van der Waals surface area contributed by atoms with Gasteiger partial charge in [0.25, 0.3) is 0 Å². The van der Waals surface area contributed by atoms with Gasteiger partial charge in [-0.15, -0.1) is 0 Å². The van der Waals surface area contributed by atoms with E-state index in [-0.39, 0.29) is 0 Å². The highest BCUT2D eigenvalue weighted by atomic mass is 79.9. The molecule has 0 aliphatic carbocycles. The third-order valence-corrected chi connectivity index (χ3v) is 3.71. The van der Waals surface area contributed by atoms with Crippen molar-refractivity contribution in [2.75, 3.05) is 26.2 Å². The second-order valence-corrected chi connectivity index (χ2v) is 5.98. The first-order valence-electron chi connectivity index (χ1n) is 8.08. The number of hydrogen-bond donors (Lipinski definition) is 2. The van der Waals surface area contributed by atoms with Crippen molar-refractivity contribution in [3.63, 3.8) is 0 Å². The van der Waals surface area contributed by atoms with Crippen molar-refractivity contribution in [1.82, 2.24) is 15.6 Å². The molecule has 0 atom stereocenters. The van der Waals surface area contributed by atoms with Gasteiger partial charge in [-0.3, -0.25) is 9.98 Å². The summed E-state index contributed by atoms with van der Waals surface area (Å²) in [5, 5.41) is 6.50. The number of pyridine rings is 1. The summed E-state index contributed by atoms with van der Waals surface area (Å²) in [6, 6.07) is 13.7. The van der Waals surface area contributed by atoms with E-state index < -0.39 is 0 Å². The maximum atomic E-state index is 5.69. The van der Waals surface area contributed by atoms with Crippen LogP contribution in [0.4, 0.5) is 0 Å². The number of aliphatic imine (C=N–C) groups is 1. The molecule has 0 unspecified atom stereocenters. The Kier molecular flexibility index (Phi) is 8.10. The minimum atomic E-state index is 0.576. The summed E-state index contributed by atoms with van der Waals surface area (Å²) in [4.78, 5) is 8.86. The Morgan fingerprint density at radius 1 is 1.17 bits per heavy atom. The smallest absolute Gasteiger partial charge is 0.191 e. The summed E-state index contributed by atoms with van der Waals surface area (Å²) in [7, 11) is 0. The molecule has 6 heteroatoms. The Bertz CT molecular complexity index is 617. The molecule has 0 aliphatic rings. The minimum absolute atomic E-state index is 0.576. The fourth-order valence-corrected chi connectivity index (χ4v) is 2.30. The van der Waals surface area contributed by atoms with Crippen LogP contribution in [-0.2, 0) is 6.42 Å². The van der Waals surface area contributed by atoms with Crippen LogP contribution in [0.15, 0.2) is 58.1 Å². The van der Waals surface area contributed by atoms with E-state index in [1.807, 2.05) is 55.6 Å². The van der Waals surface area contributed by atoms with Gasteiger partial charge >= 0.3 is 0 Å². The van der Waals surface area contributed by atoms with Crippen LogP contribution in [0.1, 0.15) is 12.6 Å². The molecule has 0 radical (unpaired) electrons. The van der Waals surface area contributed by atoms with Crippen molar-refractivity contribution in [3.8, 4) is 5.75 Å². The third-order valence-electron chi connectivity index (χ3n) is 3.19. The van der Waals surface area contributed by atoms with Gasteiger partial charge in [-0.05, 0) is 43.3 Å². The maximum absolute atomic E-state index is 5.69. The Hall–Kier alpha value is -2.08. The molecule has 1 aromatic heterocycles. The molecule has 0 saturated carbocycles. The Labute approximate surface area is 151 Å². The summed E-state index contributed by atoms with van der Waals surface area (Å²) in [5.41, 5.74) is 1.05. The van der Waals surface area contributed by atoms with Crippen molar-refractivity contribution in [2.24, 2.45) is 4.99 Å². The van der Waals surface area contributed by atoms with Crippen LogP contribution in [0.2, 0.25) is 0 Å². The van der Waals surface area contributed by atoms with Gasteiger partial charge in [0.05, 0.1) is 6.54 Å². The fourth-order valence-electron chi connectivity index (χ4n) is 2.04. The molecule has 5 nitrogen and oxygen atoms in total. The fraction of sp³-hybridized carbons (Fsp3) is 0.333. The molecular weight excluding hydrogens is 368 g/mol. The largest absolute Gasteiger partial charge is 0.492 e. The molecule has 0 spiro atoms. The number of ether oxygens (including phenoxy) is 1. The zero-order chi connectivity index (χ0) is 17.0. The SMILES string of the molecule is CCNC(=NCCc1ccccn1)NCCOc1ccc(Br)cc1. The molecule has 1 heterocycles. The predicted octanol–water partition coefficient (Wildman–Crippen LogP) is 3.02. The number of benzene rings is 1. The van der Waals surface area contributed by atoms with E-state index in [1.165, 1.54) is 0 Å². The highest BCUT2D eigenvalue weighted by molar-refractivity contribution is 9.10. The van der Waals surface area contributed by atoms with Gasteiger partial charge in [-0.25, -0.2) is 0 Å². The van der Waals surface area contributed by atoms with Gasteiger partial charge in [-0.2, -0.15) is 0 Å². The third kappa shape index (κ3) is 7.00. The molecule has 128 valence electrons. The lowest BCUT2D eigenvalue weighted by Crippen LogP contribution is -2.39. The second kappa shape index (κ2) is 10.6. The number of rotatable bonds is 8. The molecular formula is C18H23BrN4O. The summed E-state index contributed by atoms with van der Waals surface area (Å²) in [5.74, 6) is 1.66. The second-order valence-electron chi connectivity index (χ2n) is 5.06. The molecule has 2 N–H and O–H groups in total. The van der Waals surface area contributed by atoms with Crippen LogP contribution in [0, 0.1) is 0 Å². The molecule has 0 saturated heterocycles. The van der Waals surface area contributed by atoms with Crippen LogP contribution < -0.4 is 15.4 Å². The first kappa shape index (κ1) is 18.3. The molecule has 0 fully saturated rings. The van der Waals surface area contributed by atoms with Crippen molar-refractivity contribution in [3.05, 3.63) is 58.8 Å². The first-order chi connectivity index (χ1) is 11.8. The van der Waals surface area contributed by atoms with Gasteiger partial charge in [-0.1, -0.05) is 22.0 Å². The van der Waals surface area contributed by atoms with Crippen molar-refractivity contribution >= 4 is 21.9 Å². The Balaban J connectivity index is 1.71. The average molecular weight is 391 g/mol. The number of hydrogen-bond acceptors (Lipinski definition) is 3. The first-order valence-corrected chi connectivity index (χ1v) is 8.87. The number of nitrogens with zero attached hydrogens (tertiary/aromatic N) is 2. The van der Waals surface area contributed by atoms with Gasteiger partial charge in [0.2, 0.25) is 0 Å². The zero-order valence-electron chi connectivity index (χ0n) is 13.8. The number of halogens is 1. The van der Waals surface area contributed by atoms with Crippen LogP contribution in [-0.4, -0.2) is 37.2 Å². The quantitative estimate of drug-likeness (QED) is 0.413. The van der Waals surface area contributed by atoms with Crippen LogP contribution in [0.5, 0.6) is 5.75 Å². The van der Waals surface area contributed by atoms with Crippen molar-refractivity contribution in [1.29, 1.82) is 0 Å². The van der Waals surface area contributed by atoms with Crippen LogP contribution in [0.3, 0.4) is 0 Å². The summed E-state index contributed by atoms with van der Waals surface area (Å²) in [6.45, 7) is 4.83. The standard InChI is InChI=1S/C18H23BrN4O/c1-2-20-18(22-12-10-16-5-3-4-11-21-16)23-13-14-24-17-8-6-15(19)7-9-17/h3-9,11H,2,10,12-14H2,1H3,(H2,20,22,23). The van der Waals surface area contributed by atoms with E-state index in [9.17, 15) is 0 Å². The molecule has 1 aromatic carbocycles. The number of guanidine groups is 1. The monoisotopic (exact) mass is 390 g/mol. The lowest BCUT2D eigenvalue weighted by Gasteiger charge is -2.12. The Morgan fingerprint density at radius 2 is 2.00 bits per heavy atom. The van der Waals surface area contributed by atoms with E-state index in [2.05, 4.69) is 36.5 Å². The van der Waals surface area contributed by atoms with E-state index in [1.54, 1.807) is 0 Å². The minimum Gasteiger partial charge on any atom is -0.492 e. The summed E-state index contributed by atoms with van der Waals surface area (Å²) >= 11 is 3.41. The average Bonchev–Trinajstić information content (AvgIpc) is 2.61. The molecule has 2 rings (SSSR count). The molecule has 0 bridgehead atoms. The topological polar surface area (TPSA) is 58.5 Å². The molecule has 24 heavy (non-hydrogen) atoms. The van der Waals surface area contributed by atoms with E-state index in [4.69, 9.17) is 4.74 Å². The summed E-state index contributed by atoms with van der Waals surface area (Å²) < 4.78 is 6.73.